The summed E-state index contributed by atoms with van der Waals surface area (Å²) in [5, 5.41) is 0. The summed E-state index contributed by atoms with van der Waals surface area (Å²) in [7, 11) is 0. The van der Waals surface area contributed by atoms with Crippen molar-refractivity contribution in [3.8, 4) is 0 Å². The third kappa shape index (κ3) is 1.54. The molecule has 1 heterocycles. The Morgan fingerprint density at radius 3 is 2.60 bits per heavy atom. The number of nitrogens with zero attached hydrogens (tertiary/aromatic N) is 1. The highest BCUT2D eigenvalue weighted by Crippen LogP contribution is 2.13. The van der Waals surface area contributed by atoms with Crippen LogP contribution >= 0.6 is 0 Å². The van der Waals surface area contributed by atoms with Gasteiger partial charge in [0.25, 0.3) is 0 Å². The van der Waals surface area contributed by atoms with Gasteiger partial charge in [-0.05, 0) is 25.5 Å². The van der Waals surface area contributed by atoms with Crippen molar-refractivity contribution in [1.29, 1.82) is 0 Å². The molecule has 0 spiro atoms. The van der Waals surface area contributed by atoms with Gasteiger partial charge in [0.1, 0.15) is 0 Å². The Morgan fingerprint density at radius 1 is 1.60 bits per heavy atom. The molecule has 2 nitrogen and oxygen atoms in total. The van der Waals surface area contributed by atoms with Gasteiger partial charge < -0.3 is 5.73 Å². The molecule has 0 amide bonds. The largest absolute Gasteiger partial charge is 0.322 e. The van der Waals surface area contributed by atoms with Crippen molar-refractivity contribution in [2.45, 2.75) is 19.4 Å². The molecular formula is C8H11N2. The van der Waals surface area contributed by atoms with Gasteiger partial charge in [-0.1, -0.05) is 6.07 Å². The molecule has 0 bridgehead atoms. The Morgan fingerprint density at radius 2 is 2.30 bits per heavy atom. The molecule has 0 saturated heterocycles. The maximum absolute atomic E-state index is 5.79. The zero-order valence-electron chi connectivity index (χ0n) is 6.26. The van der Waals surface area contributed by atoms with E-state index in [0.717, 1.165) is 5.56 Å². The highest BCUT2D eigenvalue weighted by atomic mass is 14.7. The first-order chi connectivity index (χ1) is 4.61. The molecule has 1 rings (SSSR count). The van der Waals surface area contributed by atoms with Crippen LogP contribution in [0.4, 0.5) is 0 Å². The van der Waals surface area contributed by atoms with E-state index in [9.17, 15) is 0 Å². The summed E-state index contributed by atoms with van der Waals surface area (Å²) in [6.07, 6.45) is 4.52. The monoisotopic (exact) mass is 135 g/mol. The lowest BCUT2D eigenvalue weighted by molar-refractivity contribution is 0.551. The van der Waals surface area contributed by atoms with Crippen molar-refractivity contribution >= 4 is 0 Å². The Kier molecular flexibility index (Phi) is 1.72. The molecule has 53 valence electrons. The van der Waals surface area contributed by atoms with Gasteiger partial charge in [-0.3, -0.25) is 4.98 Å². The molecule has 1 aromatic rings. The zero-order chi connectivity index (χ0) is 7.61. The average molecular weight is 135 g/mol. The van der Waals surface area contributed by atoms with Crippen LogP contribution in [0, 0.1) is 6.20 Å². The van der Waals surface area contributed by atoms with E-state index in [0.29, 0.717) is 0 Å². The maximum Gasteiger partial charge on any atom is 0.0939 e. The molecule has 2 heteroatoms. The Labute approximate surface area is 61.1 Å². The molecule has 0 aliphatic heterocycles. The molecule has 1 aromatic heterocycles. The van der Waals surface area contributed by atoms with Gasteiger partial charge in [-0.25, -0.2) is 0 Å². The number of hydrogen-bond acceptors (Lipinski definition) is 2. The molecule has 0 saturated carbocycles. The molecular weight excluding hydrogens is 124 g/mol. The molecule has 10 heavy (non-hydrogen) atoms. The number of hydrogen-bond donors (Lipinski definition) is 1. The molecule has 1 radical (unpaired) electrons. The second-order valence-corrected chi connectivity index (χ2v) is 2.88. The van der Waals surface area contributed by atoms with Gasteiger partial charge in [0.2, 0.25) is 0 Å². The smallest absolute Gasteiger partial charge is 0.0939 e. The second kappa shape index (κ2) is 2.39. The van der Waals surface area contributed by atoms with Crippen LogP contribution in [0.1, 0.15) is 19.4 Å². The lowest BCUT2D eigenvalue weighted by Crippen LogP contribution is -2.28. The summed E-state index contributed by atoms with van der Waals surface area (Å²) in [5.74, 6) is 0. The van der Waals surface area contributed by atoms with E-state index in [1.807, 2.05) is 26.0 Å². The molecule has 0 aliphatic carbocycles. The van der Waals surface area contributed by atoms with E-state index in [-0.39, 0.29) is 5.54 Å². The summed E-state index contributed by atoms with van der Waals surface area (Å²) >= 11 is 0. The number of nitrogens with two attached hydrogens (primary N) is 1. The normalized spacial score (nSPS) is 11.5. The predicted octanol–water partition coefficient (Wildman–Crippen LogP) is 1.08. The summed E-state index contributed by atoms with van der Waals surface area (Å²) in [4.78, 5) is 3.85. The van der Waals surface area contributed by atoms with Crippen molar-refractivity contribution < 1.29 is 0 Å². The van der Waals surface area contributed by atoms with Crippen LogP contribution in [-0.2, 0) is 5.54 Å². The van der Waals surface area contributed by atoms with Gasteiger partial charge in [-0.2, -0.15) is 0 Å². The van der Waals surface area contributed by atoms with E-state index >= 15 is 0 Å². The zero-order valence-corrected chi connectivity index (χ0v) is 6.26. The number of rotatable bonds is 1. The van der Waals surface area contributed by atoms with Crippen LogP contribution in [0.2, 0.25) is 0 Å². The van der Waals surface area contributed by atoms with Gasteiger partial charge in [0.05, 0.1) is 6.20 Å². The molecule has 2 N–H and O–H groups in total. The lowest BCUT2D eigenvalue weighted by Gasteiger charge is -2.17. The van der Waals surface area contributed by atoms with E-state index in [2.05, 4.69) is 11.2 Å². The Hall–Kier alpha value is -0.890. The van der Waals surface area contributed by atoms with Crippen molar-refractivity contribution in [1.82, 2.24) is 4.98 Å². The van der Waals surface area contributed by atoms with Crippen LogP contribution in [0.5, 0.6) is 0 Å². The van der Waals surface area contributed by atoms with Crippen LogP contribution < -0.4 is 5.73 Å². The van der Waals surface area contributed by atoms with Crippen LogP contribution in [-0.4, -0.2) is 4.98 Å². The average Bonchev–Trinajstić information content (AvgIpc) is 1.88. The van der Waals surface area contributed by atoms with Gasteiger partial charge in [-0.15, -0.1) is 0 Å². The lowest BCUT2D eigenvalue weighted by atomic mass is 9.98. The third-order valence-electron chi connectivity index (χ3n) is 1.30. The topological polar surface area (TPSA) is 38.9 Å². The molecule has 0 aliphatic rings. The Bertz CT molecular complexity index is 198. The number of aromatic nitrogens is 1. The van der Waals surface area contributed by atoms with E-state index in [4.69, 9.17) is 5.73 Å². The Balaban J connectivity index is 2.97. The first-order valence-electron chi connectivity index (χ1n) is 3.23. The van der Waals surface area contributed by atoms with Crippen molar-refractivity contribution in [3.63, 3.8) is 0 Å². The summed E-state index contributed by atoms with van der Waals surface area (Å²) in [6.45, 7) is 3.86. The third-order valence-corrected chi connectivity index (χ3v) is 1.30. The fourth-order valence-corrected chi connectivity index (χ4v) is 0.685. The van der Waals surface area contributed by atoms with Crippen LogP contribution in [0.25, 0.3) is 0 Å². The molecule has 0 atom stereocenters. The van der Waals surface area contributed by atoms with Crippen molar-refractivity contribution in [3.05, 3.63) is 30.1 Å². The van der Waals surface area contributed by atoms with Gasteiger partial charge in [0, 0.05) is 11.7 Å². The fourth-order valence-electron chi connectivity index (χ4n) is 0.685. The summed E-state index contributed by atoms with van der Waals surface area (Å²) in [6, 6.07) is 3.79. The SMILES string of the molecule is CC(C)(N)c1[c]nccc1. The van der Waals surface area contributed by atoms with Crippen molar-refractivity contribution in [2.75, 3.05) is 0 Å². The van der Waals surface area contributed by atoms with Gasteiger partial charge >= 0.3 is 0 Å². The highest BCUT2D eigenvalue weighted by Gasteiger charge is 2.13. The predicted molar refractivity (Wildman–Crippen MR) is 40.3 cm³/mol. The minimum atomic E-state index is -0.325. The van der Waals surface area contributed by atoms with Crippen LogP contribution in [0.15, 0.2) is 18.3 Å². The fraction of sp³-hybridized carbons (Fsp3) is 0.375. The molecule has 0 fully saturated rings. The summed E-state index contributed by atoms with van der Waals surface area (Å²) < 4.78 is 0. The minimum absolute atomic E-state index is 0.325. The van der Waals surface area contributed by atoms with E-state index < -0.39 is 0 Å². The quantitative estimate of drug-likeness (QED) is 0.625. The maximum atomic E-state index is 5.79. The van der Waals surface area contributed by atoms with Crippen molar-refractivity contribution in [2.24, 2.45) is 5.73 Å². The first kappa shape index (κ1) is 7.22. The van der Waals surface area contributed by atoms with Gasteiger partial charge in [0.15, 0.2) is 0 Å². The number of pyridine rings is 1. The highest BCUT2D eigenvalue weighted by molar-refractivity contribution is 5.15. The van der Waals surface area contributed by atoms with E-state index in [1.54, 1.807) is 6.20 Å². The summed E-state index contributed by atoms with van der Waals surface area (Å²) in [5.41, 5.74) is 6.40. The molecule has 0 unspecified atom stereocenters. The minimum Gasteiger partial charge on any atom is -0.322 e. The van der Waals surface area contributed by atoms with E-state index in [1.165, 1.54) is 0 Å². The molecule has 0 aromatic carbocycles. The standard InChI is InChI=1S/C8H11N2/c1-8(2,9)7-4-3-5-10-6-7/h3-5H,9H2,1-2H3. The van der Waals surface area contributed by atoms with Crippen LogP contribution in [0.3, 0.4) is 0 Å². The first-order valence-corrected chi connectivity index (χ1v) is 3.23. The second-order valence-electron chi connectivity index (χ2n) is 2.88.